The topological polar surface area (TPSA) is 147 Å². The maximum absolute atomic E-state index is 12.9. The highest BCUT2D eigenvalue weighted by Crippen LogP contribution is 2.34. The van der Waals surface area contributed by atoms with E-state index in [9.17, 15) is 14.7 Å². The molecule has 9 nitrogen and oxygen atoms in total. The largest absolute Gasteiger partial charge is 0.508 e. The van der Waals surface area contributed by atoms with Crippen molar-refractivity contribution >= 4 is 51.7 Å². The number of allylic oxidation sites excluding steroid dienone is 1. The highest BCUT2D eigenvalue weighted by molar-refractivity contribution is 14.1. The molecule has 2 atom stereocenters. The molecular weight excluding hydrogens is 611 g/mol. The van der Waals surface area contributed by atoms with Crippen molar-refractivity contribution in [2.45, 2.75) is 32.0 Å². The summed E-state index contributed by atoms with van der Waals surface area (Å²) in [6.45, 7) is 2.16. The molecule has 3 aromatic rings. The van der Waals surface area contributed by atoms with Crippen LogP contribution in [0.25, 0.3) is 0 Å². The Bertz CT molecular complexity index is 1350. The summed E-state index contributed by atoms with van der Waals surface area (Å²) in [4.78, 5) is 25.2. The lowest BCUT2D eigenvalue weighted by atomic mass is 9.99. The van der Waals surface area contributed by atoms with Crippen LogP contribution < -0.4 is 16.4 Å². The molecule has 0 fully saturated rings. The van der Waals surface area contributed by atoms with Gasteiger partial charge in [-0.1, -0.05) is 18.2 Å². The van der Waals surface area contributed by atoms with Crippen LogP contribution in [0.1, 0.15) is 37.0 Å². The number of aromatic hydroxyl groups is 1. The number of phenols is 1. The summed E-state index contributed by atoms with van der Waals surface area (Å²) < 4.78 is 12.6. The van der Waals surface area contributed by atoms with Gasteiger partial charge in [0.25, 0.3) is 0 Å². The maximum atomic E-state index is 12.9. The Balaban J connectivity index is 1.73. The highest BCUT2D eigenvalue weighted by Gasteiger charge is 2.30. The van der Waals surface area contributed by atoms with E-state index in [2.05, 4.69) is 33.2 Å². The molecule has 3 rings (SSSR count). The van der Waals surface area contributed by atoms with Crippen LogP contribution in [0, 0.1) is 14.9 Å². The molecule has 10 heteroatoms. The number of nitrogens with zero attached hydrogens (tertiary/aromatic N) is 1. The van der Waals surface area contributed by atoms with Gasteiger partial charge in [-0.15, -0.1) is 0 Å². The van der Waals surface area contributed by atoms with Crippen molar-refractivity contribution < 1.29 is 24.2 Å². The van der Waals surface area contributed by atoms with Gasteiger partial charge in [-0.3, -0.25) is 10.1 Å². The molecule has 5 N–H and O–H groups in total. The van der Waals surface area contributed by atoms with Crippen molar-refractivity contribution in [1.29, 1.82) is 5.26 Å². The molecule has 3 aromatic carbocycles. The fourth-order valence-electron chi connectivity index (χ4n) is 3.76. The number of nitrogens with one attached hydrogen (secondary N) is 2. The first kappa shape index (κ1) is 29.5. The normalized spacial score (nSPS) is 12.3. The van der Waals surface area contributed by atoms with Gasteiger partial charge in [0, 0.05) is 21.4 Å². The summed E-state index contributed by atoms with van der Waals surface area (Å²) in [7, 11) is 0. The van der Waals surface area contributed by atoms with Crippen molar-refractivity contribution in [3.8, 4) is 11.8 Å². The van der Waals surface area contributed by atoms with E-state index in [0.717, 1.165) is 3.57 Å². The maximum Gasteiger partial charge on any atom is 0.412 e. The van der Waals surface area contributed by atoms with Crippen LogP contribution in [0.3, 0.4) is 0 Å². The summed E-state index contributed by atoms with van der Waals surface area (Å²) in [5.74, 6) is -0.364. The van der Waals surface area contributed by atoms with Crippen LogP contribution in [0.2, 0.25) is 0 Å². The number of amides is 2. The van der Waals surface area contributed by atoms with Crippen LogP contribution in [-0.2, 0) is 14.3 Å². The zero-order valence-electron chi connectivity index (χ0n) is 21.3. The number of nitriles is 1. The molecular formula is C29H29IN4O5. The van der Waals surface area contributed by atoms with Crippen molar-refractivity contribution in [2.24, 2.45) is 0 Å². The molecule has 0 aromatic heterocycles. The van der Waals surface area contributed by atoms with Crippen LogP contribution in [0.4, 0.5) is 21.9 Å². The van der Waals surface area contributed by atoms with Crippen LogP contribution in [0.5, 0.6) is 5.75 Å². The van der Waals surface area contributed by atoms with Gasteiger partial charge < -0.3 is 25.6 Å². The van der Waals surface area contributed by atoms with Crippen molar-refractivity contribution in [3.05, 3.63) is 93.6 Å². The van der Waals surface area contributed by atoms with E-state index in [1.807, 2.05) is 13.0 Å². The van der Waals surface area contributed by atoms with Gasteiger partial charge >= 0.3 is 6.09 Å². The first-order valence-corrected chi connectivity index (χ1v) is 13.3. The number of para-hydroxylation sites is 2. The second-order valence-corrected chi connectivity index (χ2v) is 9.64. The average molecular weight is 640 g/mol. The number of anilines is 3. The number of carbonyl (C=O) groups excluding carboxylic acids is 2. The van der Waals surface area contributed by atoms with E-state index in [1.165, 1.54) is 12.1 Å². The van der Waals surface area contributed by atoms with Gasteiger partial charge in [0.05, 0.1) is 29.1 Å². The SMILES string of the molecule is CCO[C@H](CC/C=C/C(=O)Nc1ccccc1N)[C@H](OC(=O)Nc1ccc(C#N)cc1)c1cc(I)ccc1O. The molecule has 0 unspecified atom stereocenters. The molecule has 0 spiro atoms. The van der Waals surface area contributed by atoms with Crippen molar-refractivity contribution in [1.82, 2.24) is 0 Å². The predicted octanol–water partition coefficient (Wildman–Crippen LogP) is 6.12. The summed E-state index contributed by atoms with van der Waals surface area (Å²) in [5.41, 5.74) is 8.17. The Hall–Kier alpha value is -4.08. The van der Waals surface area contributed by atoms with E-state index in [0.29, 0.717) is 47.6 Å². The molecule has 0 saturated carbocycles. The number of nitrogens with two attached hydrogens (primary N) is 1. The van der Waals surface area contributed by atoms with Gasteiger partial charge in [-0.25, -0.2) is 4.79 Å². The zero-order chi connectivity index (χ0) is 28.2. The fourth-order valence-corrected chi connectivity index (χ4v) is 4.27. The third-order valence-electron chi connectivity index (χ3n) is 5.61. The van der Waals surface area contributed by atoms with Gasteiger partial charge in [0.1, 0.15) is 5.75 Å². The minimum atomic E-state index is -0.940. The lowest BCUT2D eigenvalue weighted by molar-refractivity contribution is -0.111. The standard InChI is InChI=1S/C29H29IN4O5/c1-2-38-26(9-5-6-10-27(36)34-24-8-4-3-7-23(24)32)28(22-17-20(30)13-16-25(22)35)39-29(37)33-21-14-11-19(18-31)12-15-21/h3-4,6-8,10-17,26,28,35H,2,5,9,32H2,1H3,(H,33,37)(H,34,36)/b10-6+/t26-,28-/m1/s1. The number of hydrogen-bond donors (Lipinski definition) is 4. The molecule has 2 amide bonds. The number of rotatable bonds is 11. The van der Waals surface area contributed by atoms with Crippen molar-refractivity contribution in [2.75, 3.05) is 23.0 Å². The van der Waals surface area contributed by atoms with Crippen LogP contribution >= 0.6 is 22.6 Å². The Morgan fingerprint density at radius 2 is 1.87 bits per heavy atom. The zero-order valence-corrected chi connectivity index (χ0v) is 23.4. The first-order chi connectivity index (χ1) is 18.8. The monoisotopic (exact) mass is 640 g/mol. The minimum Gasteiger partial charge on any atom is -0.508 e. The molecule has 0 aliphatic rings. The lowest BCUT2D eigenvalue weighted by Gasteiger charge is -2.28. The number of halogens is 1. The second kappa shape index (κ2) is 14.8. The number of hydrogen-bond acceptors (Lipinski definition) is 7. The predicted molar refractivity (Wildman–Crippen MR) is 158 cm³/mol. The molecule has 0 bridgehead atoms. The Labute approximate surface area is 240 Å². The highest BCUT2D eigenvalue weighted by atomic mass is 127. The van der Waals surface area contributed by atoms with Gasteiger partial charge in [-0.05, 0) is 103 Å². The molecule has 39 heavy (non-hydrogen) atoms. The molecule has 0 heterocycles. The molecule has 0 radical (unpaired) electrons. The number of benzene rings is 3. The minimum absolute atomic E-state index is 0.0355. The smallest absolute Gasteiger partial charge is 0.412 e. The number of nitrogen functional groups attached to an aromatic ring is 1. The molecule has 0 aliphatic heterocycles. The summed E-state index contributed by atoms with van der Waals surface area (Å²) in [5, 5.41) is 25.0. The first-order valence-electron chi connectivity index (χ1n) is 12.2. The third-order valence-corrected chi connectivity index (χ3v) is 6.29. The number of ether oxygens (including phenoxy) is 2. The second-order valence-electron chi connectivity index (χ2n) is 8.39. The van der Waals surface area contributed by atoms with E-state index in [1.54, 1.807) is 66.7 Å². The van der Waals surface area contributed by atoms with Gasteiger partial charge in [0.15, 0.2) is 6.10 Å². The van der Waals surface area contributed by atoms with Crippen LogP contribution in [0.15, 0.2) is 78.9 Å². The van der Waals surface area contributed by atoms with Gasteiger partial charge in [0.2, 0.25) is 5.91 Å². The third kappa shape index (κ3) is 9.01. The Morgan fingerprint density at radius 3 is 2.56 bits per heavy atom. The van der Waals surface area contributed by atoms with E-state index < -0.39 is 18.3 Å². The quantitative estimate of drug-likeness (QED) is 0.112. The Kier molecular flexibility index (Phi) is 11.1. The van der Waals surface area contributed by atoms with E-state index >= 15 is 0 Å². The van der Waals surface area contributed by atoms with E-state index in [4.69, 9.17) is 20.5 Å². The van der Waals surface area contributed by atoms with Crippen LogP contribution in [-0.4, -0.2) is 29.8 Å². The van der Waals surface area contributed by atoms with Crippen molar-refractivity contribution in [3.63, 3.8) is 0 Å². The average Bonchev–Trinajstić information content (AvgIpc) is 2.92. The molecule has 0 saturated heterocycles. The fraction of sp³-hybridized carbons (Fsp3) is 0.207. The molecule has 202 valence electrons. The number of phenolic OH excluding ortho intramolecular Hbond substituents is 1. The van der Waals surface area contributed by atoms with E-state index in [-0.39, 0.29) is 11.7 Å². The van der Waals surface area contributed by atoms with Gasteiger partial charge in [-0.2, -0.15) is 5.26 Å². The molecule has 0 aliphatic carbocycles. The number of carbonyl (C=O) groups is 2. The summed E-state index contributed by atoms with van der Waals surface area (Å²) >= 11 is 2.11. The summed E-state index contributed by atoms with van der Waals surface area (Å²) in [6.07, 6.45) is 1.62. The lowest BCUT2D eigenvalue weighted by Crippen LogP contribution is -2.29. The Morgan fingerprint density at radius 1 is 1.13 bits per heavy atom. The summed E-state index contributed by atoms with van der Waals surface area (Å²) in [6, 6.07) is 20.3.